The van der Waals surface area contributed by atoms with Gasteiger partial charge in [-0.1, -0.05) is 12.1 Å². The summed E-state index contributed by atoms with van der Waals surface area (Å²) in [4.78, 5) is 11.4. The van der Waals surface area contributed by atoms with Crippen LogP contribution in [0.3, 0.4) is 0 Å². The Kier molecular flexibility index (Phi) is 4.61. The largest absolute Gasteiger partial charge is 0.472 e. The van der Waals surface area contributed by atoms with Crippen molar-refractivity contribution in [2.24, 2.45) is 0 Å². The van der Waals surface area contributed by atoms with Gasteiger partial charge in [0.1, 0.15) is 0 Å². The lowest BCUT2D eigenvalue weighted by molar-refractivity contribution is -0.120. The Balaban J connectivity index is 1.85. The van der Waals surface area contributed by atoms with Crippen LogP contribution in [0.4, 0.5) is 5.69 Å². The smallest absolute Gasteiger partial charge is 0.224 e. The predicted molar refractivity (Wildman–Crippen MR) is 74.9 cm³/mol. The summed E-state index contributed by atoms with van der Waals surface area (Å²) in [5.41, 5.74) is 3.15. The van der Waals surface area contributed by atoms with Gasteiger partial charge in [0.15, 0.2) is 0 Å². The predicted octanol–water partition coefficient (Wildman–Crippen LogP) is 2.57. The van der Waals surface area contributed by atoms with Crippen molar-refractivity contribution in [3.05, 3.63) is 54.0 Å². The molecule has 0 spiro atoms. The van der Waals surface area contributed by atoms with Gasteiger partial charge in [-0.2, -0.15) is 0 Å². The van der Waals surface area contributed by atoms with Crippen LogP contribution >= 0.6 is 0 Å². The first-order chi connectivity index (χ1) is 9.28. The topological polar surface area (TPSA) is 54.3 Å². The van der Waals surface area contributed by atoms with E-state index in [2.05, 4.69) is 10.6 Å². The number of furan rings is 1. The molecule has 1 heterocycles. The third kappa shape index (κ3) is 4.17. The first kappa shape index (κ1) is 13.2. The molecule has 0 saturated heterocycles. The molecule has 0 aliphatic heterocycles. The van der Waals surface area contributed by atoms with Crippen LogP contribution in [-0.4, -0.2) is 12.5 Å². The average molecular weight is 258 g/mol. The highest BCUT2D eigenvalue weighted by molar-refractivity contribution is 5.78. The molecule has 0 bridgehead atoms. The Morgan fingerprint density at radius 2 is 1.95 bits per heavy atom. The number of nitrogens with one attached hydrogen (secondary N) is 2. The summed E-state index contributed by atoms with van der Waals surface area (Å²) in [5.74, 6) is 0.0570. The molecule has 100 valence electrons. The molecule has 0 aliphatic rings. The monoisotopic (exact) mass is 258 g/mol. The van der Waals surface area contributed by atoms with Crippen LogP contribution in [0.5, 0.6) is 0 Å². The van der Waals surface area contributed by atoms with Crippen molar-refractivity contribution in [3.8, 4) is 0 Å². The quantitative estimate of drug-likeness (QED) is 0.837. The summed E-state index contributed by atoms with van der Waals surface area (Å²) >= 11 is 0. The molecule has 19 heavy (non-hydrogen) atoms. The molecule has 0 fully saturated rings. The van der Waals surface area contributed by atoms with E-state index in [0.29, 0.717) is 13.0 Å². The molecule has 1 aromatic heterocycles. The molecule has 0 unspecified atom stereocenters. The molecule has 4 heteroatoms. The maximum absolute atomic E-state index is 11.4. The van der Waals surface area contributed by atoms with Crippen molar-refractivity contribution in [3.63, 3.8) is 0 Å². The van der Waals surface area contributed by atoms with E-state index in [4.69, 9.17) is 4.42 Å². The van der Waals surface area contributed by atoms with Crippen molar-refractivity contribution in [1.29, 1.82) is 0 Å². The maximum Gasteiger partial charge on any atom is 0.224 e. The van der Waals surface area contributed by atoms with E-state index >= 15 is 0 Å². The van der Waals surface area contributed by atoms with Gasteiger partial charge in [0, 0.05) is 24.3 Å². The zero-order chi connectivity index (χ0) is 13.5. The highest BCUT2D eigenvalue weighted by atomic mass is 16.3. The lowest BCUT2D eigenvalue weighted by Gasteiger charge is -2.06. The van der Waals surface area contributed by atoms with Crippen LogP contribution < -0.4 is 10.6 Å². The van der Waals surface area contributed by atoms with E-state index in [-0.39, 0.29) is 5.91 Å². The van der Waals surface area contributed by atoms with Crippen LogP contribution in [0.15, 0.2) is 47.3 Å². The molecule has 1 aromatic carbocycles. The molecule has 0 radical (unpaired) electrons. The van der Waals surface area contributed by atoms with E-state index in [1.54, 1.807) is 12.5 Å². The fourth-order valence-corrected chi connectivity index (χ4v) is 1.78. The first-order valence-electron chi connectivity index (χ1n) is 6.38. The van der Waals surface area contributed by atoms with Crippen molar-refractivity contribution >= 4 is 11.6 Å². The summed E-state index contributed by atoms with van der Waals surface area (Å²) in [7, 11) is 0. The van der Waals surface area contributed by atoms with E-state index in [1.165, 1.54) is 0 Å². The van der Waals surface area contributed by atoms with E-state index < -0.39 is 0 Å². The fraction of sp³-hybridized carbons (Fsp3) is 0.267. The molecular weight excluding hydrogens is 240 g/mol. The Morgan fingerprint density at radius 1 is 1.16 bits per heavy atom. The van der Waals surface area contributed by atoms with Crippen LogP contribution in [0.2, 0.25) is 0 Å². The summed E-state index contributed by atoms with van der Waals surface area (Å²) in [5, 5.41) is 6.08. The molecule has 2 aromatic rings. The SMILES string of the molecule is CCNC(=O)Cc1ccc(NCc2ccoc2)cc1. The van der Waals surface area contributed by atoms with Crippen LogP contribution in [-0.2, 0) is 17.8 Å². The highest BCUT2D eigenvalue weighted by Crippen LogP contribution is 2.12. The zero-order valence-corrected chi connectivity index (χ0v) is 11.0. The van der Waals surface area contributed by atoms with Gasteiger partial charge in [-0.05, 0) is 30.7 Å². The third-order valence-corrected chi connectivity index (χ3v) is 2.77. The number of hydrogen-bond acceptors (Lipinski definition) is 3. The lowest BCUT2D eigenvalue weighted by atomic mass is 10.1. The Morgan fingerprint density at radius 3 is 2.58 bits per heavy atom. The lowest BCUT2D eigenvalue weighted by Crippen LogP contribution is -2.24. The maximum atomic E-state index is 11.4. The Hall–Kier alpha value is -2.23. The Labute approximate surface area is 112 Å². The van der Waals surface area contributed by atoms with Crippen molar-refractivity contribution < 1.29 is 9.21 Å². The second kappa shape index (κ2) is 6.64. The van der Waals surface area contributed by atoms with Crippen molar-refractivity contribution in [2.75, 3.05) is 11.9 Å². The number of likely N-dealkylation sites (N-methyl/N-ethyl adjacent to an activating group) is 1. The zero-order valence-electron chi connectivity index (χ0n) is 11.0. The number of anilines is 1. The first-order valence-corrected chi connectivity index (χ1v) is 6.38. The second-order valence-corrected chi connectivity index (χ2v) is 4.31. The second-order valence-electron chi connectivity index (χ2n) is 4.31. The van der Waals surface area contributed by atoms with Crippen LogP contribution in [0.1, 0.15) is 18.1 Å². The van der Waals surface area contributed by atoms with E-state index in [9.17, 15) is 4.79 Å². The third-order valence-electron chi connectivity index (χ3n) is 2.77. The van der Waals surface area contributed by atoms with Crippen molar-refractivity contribution in [1.82, 2.24) is 5.32 Å². The molecule has 1 amide bonds. The minimum absolute atomic E-state index is 0.0570. The summed E-state index contributed by atoms with van der Waals surface area (Å²) in [6.07, 6.45) is 3.80. The molecule has 2 rings (SSSR count). The summed E-state index contributed by atoms with van der Waals surface area (Å²) in [6.45, 7) is 3.32. The van der Waals surface area contributed by atoms with Crippen LogP contribution in [0, 0.1) is 0 Å². The summed E-state index contributed by atoms with van der Waals surface area (Å²) < 4.78 is 5.00. The van der Waals surface area contributed by atoms with E-state index in [0.717, 1.165) is 23.4 Å². The fourth-order valence-electron chi connectivity index (χ4n) is 1.78. The average Bonchev–Trinajstić information content (AvgIpc) is 2.91. The highest BCUT2D eigenvalue weighted by Gasteiger charge is 2.02. The minimum Gasteiger partial charge on any atom is -0.472 e. The molecule has 0 atom stereocenters. The molecule has 0 aliphatic carbocycles. The number of carbonyl (C=O) groups excluding carboxylic acids is 1. The van der Waals surface area contributed by atoms with Gasteiger partial charge in [0.05, 0.1) is 18.9 Å². The normalized spacial score (nSPS) is 10.2. The van der Waals surface area contributed by atoms with Gasteiger partial charge in [0.2, 0.25) is 5.91 Å². The van der Waals surface area contributed by atoms with Gasteiger partial charge in [0.25, 0.3) is 0 Å². The number of amides is 1. The number of benzene rings is 1. The van der Waals surface area contributed by atoms with Gasteiger partial charge >= 0.3 is 0 Å². The van der Waals surface area contributed by atoms with Crippen LogP contribution in [0.25, 0.3) is 0 Å². The van der Waals surface area contributed by atoms with Gasteiger partial charge < -0.3 is 15.1 Å². The number of rotatable bonds is 6. The molecule has 0 saturated carbocycles. The van der Waals surface area contributed by atoms with Gasteiger partial charge in [-0.3, -0.25) is 4.79 Å². The van der Waals surface area contributed by atoms with Gasteiger partial charge in [-0.25, -0.2) is 0 Å². The minimum atomic E-state index is 0.0570. The number of carbonyl (C=O) groups is 1. The standard InChI is InChI=1S/C15H18N2O2/c1-2-16-15(18)9-12-3-5-14(6-4-12)17-10-13-7-8-19-11-13/h3-8,11,17H,2,9-10H2,1H3,(H,16,18). The van der Waals surface area contributed by atoms with Gasteiger partial charge in [-0.15, -0.1) is 0 Å². The van der Waals surface area contributed by atoms with Crippen molar-refractivity contribution in [2.45, 2.75) is 19.9 Å². The molecular formula is C15H18N2O2. The molecule has 4 nitrogen and oxygen atoms in total. The van der Waals surface area contributed by atoms with E-state index in [1.807, 2.05) is 37.3 Å². The summed E-state index contributed by atoms with van der Waals surface area (Å²) in [6, 6.07) is 9.82. The Bertz CT molecular complexity index is 503. The molecule has 2 N–H and O–H groups in total. The number of hydrogen-bond donors (Lipinski definition) is 2.